The number of carbonyl (C=O) groups excluding carboxylic acids is 1. The number of piperazine rings is 1. The van der Waals surface area contributed by atoms with Crippen LogP contribution in [0, 0.1) is 11.3 Å². The molecule has 1 heterocycles. The van der Waals surface area contributed by atoms with Crippen molar-refractivity contribution < 1.29 is 14.7 Å². The van der Waals surface area contributed by atoms with Gasteiger partial charge in [-0.3, -0.25) is 14.5 Å². The number of carboxylic acids is 1. The molecule has 0 aliphatic carbocycles. The van der Waals surface area contributed by atoms with Gasteiger partial charge in [0.25, 0.3) is 5.91 Å². The lowest BCUT2D eigenvalue weighted by molar-refractivity contribution is -0.137. The van der Waals surface area contributed by atoms with Crippen LogP contribution in [0.2, 0.25) is 0 Å². The summed E-state index contributed by atoms with van der Waals surface area (Å²) in [5.41, 5.74) is 1.18. The topological polar surface area (TPSA) is 96.7 Å². The summed E-state index contributed by atoms with van der Waals surface area (Å²) in [6.07, 6.45) is 1.51. The third kappa shape index (κ3) is 5.41. The first-order valence-corrected chi connectivity index (χ1v) is 7.70. The van der Waals surface area contributed by atoms with E-state index in [4.69, 9.17) is 10.4 Å². The highest BCUT2D eigenvalue weighted by Crippen LogP contribution is 2.09. The van der Waals surface area contributed by atoms with E-state index < -0.39 is 18.4 Å². The number of hydrogen-bond acceptors (Lipinski definition) is 5. The molecular formula is C17H20N4O3. The Balaban J connectivity index is 1.85. The minimum Gasteiger partial charge on any atom is -0.480 e. The largest absolute Gasteiger partial charge is 0.480 e. The first kappa shape index (κ1) is 17.5. The number of carbonyl (C=O) groups is 2. The maximum atomic E-state index is 11.8. The average Bonchev–Trinajstić information content (AvgIpc) is 2.60. The van der Waals surface area contributed by atoms with Crippen LogP contribution >= 0.6 is 0 Å². The molecule has 1 fully saturated rings. The molecule has 0 saturated carbocycles. The van der Waals surface area contributed by atoms with E-state index in [-0.39, 0.29) is 5.57 Å². The molecule has 7 heteroatoms. The van der Waals surface area contributed by atoms with Crippen molar-refractivity contribution in [3.05, 3.63) is 47.7 Å². The van der Waals surface area contributed by atoms with E-state index in [9.17, 15) is 9.59 Å². The van der Waals surface area contributed by atoms with Crippen LogP contribution < -0.4 is 5.32 Å². The minimum atomic E-state index is -1.14. The molecule has 7 nitrogen and oxygen atoms in total. The number of benzene rings is 1. The molecule has 1 amide bonds. The molecule has 1 aromatic carbocycles. The predicted octanol–water partition coefficient (Wildman–Crippen LogP) is 0.412. The summed E-state index contributed by atoms with van der Waals surface area (Å²) in [4.78, 5) is 26.4. The Morgan fingerprint density at radius 1 is 1.21 bits per heavy atom. The van der Waals surface area contributed by atoms with Gasteiger partial charge in [0.05, 0.1) is 0 Å². The number of nitriles is 1. The Morgan fingerprint density at radius 2 is 1.88 bits per heavy atom. The second-order valence-electron chi connectivity index (χ2n) is 5.53. The molecule has 1 aromatic rings. The van der Waals surface area contributed by atoms with E-state index in [1.165, 1.54) is 11.8 Å². The van der Waals surface area contributed by atoms with Gasteiger partial charge in [-0.15, -0.1) is 0 Å². The number of carboxylic acid groups (broad SMARTS) is 1. The lowest BCUT2D eigenvalue weighted by Crippen LogP contribution is -2.44. The van der Waals surface area contributed by atoms with Gasteiger partial charge in [0.1, 0.15) is 18.2 Å². The third-order valence-corrected chi connectivity index (χ3v) is 3.73. The molecule has 0 aromatic heterocycles. The second kappa shape index (κ2) is 8.70. The summed E-state index contributed by atoms with van der Waals surface area (Å²) < 4.78 is 0. The fraction of sp³-hybridized carbons (Fsp3) is 0.353. The Labute approximate surface area is 140 Å². The van der Waals surface area contributed by atoms with Crippen LogP contribution in [0.4, 0.5) is 0 Å². The molecule has 24 heavy (non-hydrogen) atoms. The zero-order valence-corrected chi connectivity index (χ0v) is 13.3. The summed E-state index contributed by atoms with van der Waals surface area (Å²) in [6, 6.07) is 12.0. The van der Waals surface area contributed by atoms with E-state index in [2.05, 4.69) is 22.3 Å². The summed E-state index contributed by atoms with van der Waals surface area (Å²) in [6.45, 7) is 3.47. The van der Waals surface area contributed by atoms with Crippen LogP contribution in [0.3, 0.4) is 0 Å². The van der Waals surface area contributed by atoms with Crippen LogP contribution in [0.25, 0.3) is 0 Å². The number of aliphatic carboxylic acids is 1. The van der Waals surface area contributed by atoms with Gasteiger partial charge in [0, 0.05) is 38.9 Å². The summed E-state index contributed by atoms with van der Waals surface area (Å²) in [5.74, 6) is -1.80. The van der Waals surface area contributed by atoms with Crippen LogP contribution in [-0.4, -0.2) is 59.5 Å². The number of amides is 1. The first-order chi connectivity index (χ1) is 11.6. The van der Waals surface area contributed by atoms with E-state index in [0.29, 0.717) is 13.1 Å². The molecule has 1 saturated heterocycles. The van der Waals surface area contributed by atoms with Gasteiger partial charge >= 0.3 is 5.97 Å². The molecule has 2 N–H and O–H groups in total. The molecule has 0 spiro atoms. The molecule has 1 aliphatic rings. The van der Waals surface area contributed by atoms with Crippen molar-refractivity contribution in [2.45, 2.75) is 6.54 Å². The minimum absolute atomic E-state index is 0.0761. The number of nitrogens with one attached hydrogen (secondary N) is 1. The molecule has 0 unspecified atom stereocenters. The lowest BCUT2D eigenvalue weighted by Gasteiger charge is -2.34. The molecule has 2 rings (SSSR count). The Bertz CT molecular complexity index is 644. The zero-order valence-electron chi connectivity index (χ0n) is 13.3. The van der Waals surface area contributed by atoms with Gasteiger partial charge in [0.2, 0.25) is 0 Å². The van der Waals surface area contributed by atoms with Crippen LogP contribution in [-0.2, 0) is 16.1 Å². The molecule has 126 valence electrons. The zero-order chi connectivity index (χ0) is 17.4. The smallest absolute Gasteiger partial charge is 0.322 e. The van der Waals surface area contributed by atoms with E-state index in [0.717, 1.165) is 19.6 Å². The third-order valence-electron chi connectivity index (χ3n) is 3.73. The highest BCUT2D eigenvalue weighted by atomic mass is 16.4. The van der Waals surface area contributed by atoms with E-state index in [1.807, 2.05) is 29.2 Å². The maximum Gasteiger partial charge on any atom is 0.322 e. The molecule has 0 bridgehead atoms. The van der Waals surface area contributed by atoms with Crippen molar-refractivity contribution in [3.8, 4) is 6.07 Å². The van der Waals surface area contributed by atoms with Crippen molar-refractivity contribution in [3.63, 3.8) is 0 Å². The normalized spacial score (nSPS) is 15.6. The Kier molecular flexibility index (Phi) is 6.34. The SMILES string of the molecule is N#C/C(=C/N1CCN(Cc2ccccc2)CC1)C(=O)NCC(=O)O. The van der Waals surface area contributed by atoms with E-state index in [1.54, 1.807) is 0 Å². The summed E-state index contributed by atoms with van der Waals surface area (Å²) >= 11 is 0. The Hall–Kier alpha value is -2.85. The van der Waals surface area contributed by atoms with Crippen LogP contribution in [0.15, 0.2) is 42.1 Å². The highest BCUT2D eigenvalue weighted by Gasteiger charge is 2.17. The van der Waals surface area contributed by atoms with Crippen molar-refractivity contribution in [2.75, 3.05) is 32.7 Å². The van der Waals surface area contributed by atoms with Crippen molar-refractivity contribution in [2.24, 2.45) is 0 Å². The average molecular weight is 328 g/mol. The maximum absolute atomic E-state index is 11.8. The summed E-state index contributed by atoms with van der Waals surface area (Å²) in [5, 5.41) is 19.8. The lowest BCUT2D eigenvalue weighted by atomic mass is 10.2. The fourth-order valence-electron chi connectivity index (χ4n) is 2.46. The van der Waals surface area contributed by atoms with Crippen molar-refractivity contribution in [1.29, 1.82) is 5.26 Å². The molecular weight excluding hydrogens is 308 g/mol. The monoisotopic (exact) mass is 328 g/mol. The fourth-order valence-corrected chi connectivity index (χ4v) is 2.46. The van der Waals surface area contributed by atoms with Crippen LogP contribution in [0.5, 0.6) is 0 Å². The molecule has 0 atom stereocenters. The quantitative estimate of drug-likeness (QED) is 0.580. The molecule has 1 aliphatic heterocycles. The summed E-state index contributed by atoms with van der Waals surface area (Å²) in [7, 11) is 0. The van der Waals surface area contributed by atoms with Gasteiger partial charge in [-0.1, -0.05) is 30.3 Å². The van der Waals surface area contributed by atoms with Crippen LogP contribution in [0.1, 0.15) is 5.56 Å². The predicted molar refractivity (Wildman–Crippen MR) is 87.6 cm³/mol. The second-order valence-corrected chi connectivity index (χ2v) is 5.53. The van der Waals surface area contributed by atoms with Crippen molar-refractivity contribution >= 4 is 11.9 Å². The van der Waals surface area contributed by atoms with E-state index >= 15 is 0 Å². The highest BCUT2D eigenvalue weighted by molar-refractivity contribution is 5.98. The molecule has 0 radical (unpaired) electrons. The number of hydrogen-bond donors (Lipinski definition) is 2. The number of rotatable bonds is 6. The van der Waals surface area contributed by atoms with Gasteiger partial charge in [-0.25, -0.2) is 0 Å². The van der Waals surface area contributed by atoms with Gasteiger partial charge < -0.3 is 15.3 Å². The van der Waals surface area contributed by atoms with Crippen molar-refractivity contribution in [1.82, 2.24) is 15.1 Å². The number of nitrogens with zero attached hydrogens (tertiary/aromatic N) is 3. The first-order valence-electron chi connectivity index (χ1n) is 7.70. The van der Waals surface area contributed by atoms with Gasteiger partial charge in [-0.05, 0) is 5.56 Å². The standard InChI is InChI=1S/C17H20N4O3/c18-10-15(17(24)19-11-16(22)23)13-21-8-6-20(7-9-21)12-14-4-2-1-3-5-14/h1-5,13H,6-9,11-12H2,(H,19,24)(H,22,23)/b15-13-. The van der Waals surface area contributed by atoms with Gasteiger partial charge in [-0.2, -0.15) is 5.26 Å². The Morgan fingerprint density at radius 3 is 2.46 bits per heavy atom. The van der Waals surface area contributed by atoms with Gasteiger partial charge in [0.15, 0.2) is 0 Å².